The normalized spacial score (nSPS) is 15.2. The number of carbonyl (C=O) groups excluding carboxylic acids is 2. The number of aromatic amines is 1. The molecule has 8 nitrogen and oxygen atoms in total. The lowest BCUT2D eigenvalue weighted by Gasteiger charge is -2.34. The van der Waals surface area contributed by atoms with Gasteiger partial charge >= 0.3 is 0 Å². The molecule has 0 saturated carbocycles. The van der Waals surface area contributed by atoms with Crippen molar-refractivity contribution in [3.8, 4) is 11.1 Å². The molecule has 0 spiro atoms. The molecule has 0 aliphatic carbocycles. The van der Waals surface area contributed by atoms with Crippen LogP contribution in [0.15, 0.2) is 54.7 Å². The van der Waals surface area contributed by atoms with Crippen molar-refractivity contribution in [3.63, 3.8) is 0 Å². The summed E-state index contributed by atoms with van der Waals surface area (Å²) in [5, 5.41) is 9.82. The number of aromatic nitrogens is 1. The molecule has 1 aromatic heterocycles. The number of hydrogen-bond acceptors (Lipinski definition) is 4. The van der Waals surface area contributed by atoms with Crippen molar-refractivity contribution in [2.24, 2.45) is 0 Å². The van der Waals surface area contributed by atoms with Crippen LogP contribution < -0.4 is 5.32 Å². The maximum absolute atomic E-state index is 12.7. The largest absolute Gasteiger partial charge is 0.483 e. The lowest BCUT2D eigenvalue weighted by molar-refractivity contribution is -0.123. The highest BCUT2D eigenvalue weighted by Crippen LogP contribution is 2.30. The number of piperazine rings is 1. The van der Waals surface area contributed by atoms with E-state index in [0.717, 1.165) is 60.7 Å². The van der Waals surface area contributed by atoms with E-state index in [-0.39, 0.29) is 18.3 Å². The summed E-state index contributed by atoms with van der Waals surface area (Å²) in [6.07, 6.45) is 2.29. The van der Waals surface area contributed by atoms with Crippen LogP contribution in [0.4, 0.5) is 5.69 Å². The fraction of sp³-hybridized carbons (Fsp3) is 0.269. The predicted octanol–water partition coefficient (Wildman–Crippen LogP) is 3.14. The van der Waals surface area contributed by atoms with Crippen LogP contribution >= 0.6 is 0 Å². The first kappa shape index (κ1) is 23.3. The number of benzene rings is 2. The van der Waals surface area contributed by atoms with Gasteiger partial charge in [-0.3, -0.25) is 19.3 Å². The fourth-order valence-corrected chi connectivity index (χ4v) is 4.45. The van der Waals surface area contributed by atoms with Crippen molar-refractivity contribution in [1.29, 1.82) is 0 Å². The van der Waals surface area contributed by atoms with Crippen LogP contribution in [0.3, 0.4) is 0 Å². The molecule has 176 valence electrons. The minimum atomic E-state index is -0.250. The number of anilines is 1. The molecular formula is C26H28N4O4. The van der Waals surface area contributed by atoms with Gasteiger partial charge in [-0.2, -0.15) is 0 Å². The van der Waals surface area contributed by atoms with Gasteiger partial charge in [0, 0.05) is 44.6 Å². The van der Waals surface area contributed by atoms with Crippen LogP contribution in [-0.2, 0) is 22.6 Å². The van der Waals surface area contributed by atoms with Crippen LogP contribution in [0.1, 0.15) is 27.2 Å². The van der Waals surface area contributed by atoms with Crippen molar-refractivity contribution < 1.29 is 19.5 Å². The highest BCUT2D eigenvalue weighted by molar-refractivity contribution is 6.00. The number of rotatable bonds is 4. The number of carbonyl (C=O) groups is 3. The zero-order chi connectivity index (χ0) is 24.1. The Labute approximate surface area is 198 Å². The van der Waals surface area contributed by atoms with E-state index >= 15 is 0 Å². The molecule has 2 amide bonds. The Morgan fingerprint density at radius 3 is 2.50 bits per heavy atom. The molecule has 1 fully saturated rings. The Hall–Kier alpha value is -3.91. The second-order valence-corrected chi connectivity index (χ2v) is 8.51. The Balaban J connectivity index is 0.000000868. The molecule has 3 aromatic rings. The third-order valence-corrected chi connectivity index (χ3v) is 6.23. The molecule has 1 saturated heterocycles. The SMILES string of the molecule is Cc1cc[nH]c1C(=O)N1CCN(Cc2cccc(-c3ccc4c(c3)NC(=O)C4)c2)CC1.O=CO. The number of H-pyrrole nitrogens is 1. The molecular weight excluding hydrogens is 432 g/mol. The Bertz CT molecular complexity index is 1200. The minimum Gasteiger partial charge on any atom is -0.483 e. The number of carboxylic acid groups (broad SMARTS) is 1. The van der Waals surface area contributed by atoms with E-state index < -0.39 is 0 Å². The third kappa shape index (κ3) is 5.18. The third-order valence-electron chi connectivity index (χ3n) is 6.23. The van der Waals surface area contributed by atoms with Gasteiger partial charge in [-0.25, -0.2) is 0 Å². The van der Waals surface area contributed by atoms with Gasteiger partial charge in [-0.05, 0) is 52.9 Å². The van der Waals surface area contributed by atoms with E-state index in [0.29, 0.717) is 12.1 Å². The lowest BCUT2D eigenvalue weighted by atomic mass is 10.0. The summed E-state index contributed by atoms with van der Waals surface area (Å²) in [5.41, 5.74) is 7.19. The molecule has 0 radical (unpaired) electrons. The van der Waals surface area contributed by atoms with Gasteiger partial charge in [0.05, 0.1) is 6.42 Å². The number of amides is 2. The zero-order valence-corrected chi connectivity index (χ0v) is 19.1. The van der Waals surface area contributed by atoms with Crippen LogP contribution in [-0.4, -0.2) is 64.4 Å². The fourth-order valence-electron chi connectivity index (χ4n) is 4.45. The van der Waals surface area contributed by atoms with Gasteiger partial charge in [-0.1, -0.05) is 30.3 Å². The van der Waals surface area contributed by atoms with Crippen LogP contribution in [0.25, 0.3) is 11.1 Å². The maximum atomic E-state index is 12.7. The Morgan fingerprint density at radius 2 is 1.79 bits per heavy atom. The van der Waals surface area contributed by atoms with E-state index in [1.54, 1.807) is 0 Å². The summed E-state index contributed by atoms with van der Waals surface area (Å²) in [4.78, 5) is 40.1. The first-order valence-corrected chi connectivity index (χ1v) is 11.2. The van der Waals surface area contributed by atoms with Crippen molar-refractivity contribution in [2.75, 3.05) is 31.5 Å². The first-order chi connectivity index (χ1) is 16.5. The van der Waals surface area contributed by atoms with Gasteiger partial charge < -0.3 is 20.3 Å². The zero-order valence-electron chi connectivity index (χ0n) is 19.1. The molecule has 0 atom stereocenters. The number of fused-ring (bicyclic) bond motifs is 1. The van der Waals surface area contributed by atoms with Gasteiger partial charge in [0.25, 0.3) is 12.4 Å². The topological polar surface area (TPSA) is 106 Å². The van der Waals surface area contributed by atoms with E-state index in [2.05, 4.69) is 51.6 Å². The summed E-state index contributed by atoms with van der Waals surface area (Å²) >= 11 is 0. The van der Waals surface area contributed by atoms with Crippen molar-refractivity contribution in [3.05, 3.63) is 77.1 Å². The quantitative estimate of drug-likeness (QED) is 0.519. The second kappa shape index (κ2) is 10.4. The van der Waals surface area contributed by atoms with Gasteiger partial charge in [0.2, 0.25) is 5.91 Å². The Morgan fingerprint density at radius 1 is 1.06 bits per heavy atom. The van der Waals surface area contributed by atoms with E-state index in [1.165, 1.54) is 5.56 Å². The molecule has 5 rings (SSSR count). The highest BCUT2D eigenvalue weighted by atomic mass is 16.3. The molecule has 2 aliphatic rings. The smallest absolute Gasteiger partial charge is 0.290 e. The number of nitrogens with one attached hydrogen (secondary N) is 2. The summed E-state index contributed by atoms with van der Waals surface area (Å²) in [6.45, 7) is 5.77. The van der Waals surface area contributed by atoms with E-state index in [9.17, 15) is 9.59 Å². The average molecular weight is 461 g/mol. The van der Waals surface area contributed by atoms with Crippen molar-refractivity contribution in [2.45, 2.75) is 19.9 Å². The van der Waals surface area contributed by atoms with Gasteiger partial charge in [-0.15, -0.1) is 0 Å². The summed E-state index contributed by atoms with van der Waals surface area (Å²) in [7, 11) is 0. The first-order valence-electron chi connectivity index (χ1n) is 11.2. The monoisotopic (exact) mass is 460 g/mol. The van der Waals surface area contributed by atoms with E-state index in [4.69, 9.17) is 9.90 Å². The summed E-state index contributed by atoms with van der Waals surface area (Å²) in [6, 6.07) is 16.7. The van der Waals surface area contributed by atoms with E-state index in [1.807, 2.05) is 30.2 Å². The molecule has 3 heterocycles. The highest BCUT2D eigenvalue weighted by Gasteiger charge is 2.24. The molecule has 3 N–H and O–H groups in total. The lowest BCUT2D eigenvalue weighted by Crippen LogP contribution is -2.48. The number of nitrogens with zero attached hydrogens (tertiary/aromatic N) is 2. The van der Waals surface area contributed by atoms with Gasteiger partial charge in [0.1, 0.15) is 5.69 Å². The Kier molecular flexibility index (Phi) is 7.08. The number of aryl methyl sites for hydroxylation is 1. The predicted molar refractivity (Wildman–Crippen MR) is 130 cm³/mol. The second-order valence-electron chi connectivity index (χ2n) is 8.51. The number of hydrogen-bond donors (Lipinski definition) is 3. The van der Waals surface area contributed by atoms with Crippen molar-refractivity contribution >= 4 is 24.0 Å². The van der Waals surface area contributed by atoms with Crippen LogP contribution in [0, 0.1) is 6.92 Å². The molecule has 2 aliphatic heterocycles. The molecule has 2 aromatic carbocycles. The average Bonchev–Trinajstić information content (AvgIpc) is 3.43. The maximum Gasteiger partial charge on any atom is 0.290 e. The molecule has 34 heavy (non-hydrogen) atoms. The van der Waals surface area contributed by atoms with Crippen molar-refractivity contribution in [1.82, 2.24) is 14.8 Å². The van der Waals surface area contributed by atoms with Crippen LogP contribution in [0.2, 0.25) is 0 Å². The van der Waals surface area contributed by atoms with Crippen LogP contribution in [0.5, 0.6) is 0 Å². The summed E-state index contributed by atoms with van der Waals surface area (Å²) in [5.74, 6) is 0.151. The molecule has 0 bridgehead atoms. The minimum absolute atomic E-state index is 0.0601. The standard InChI is InChI=1S/C25H26N4O2.CH2O2/c1-17-7-8-26-24(17)25(31)29-11-9-28(10-12-29)16-18-3-2-4-19(13-18)20-5-6-21-15-23(30)27-22(21)14-20;2-1-3/h2-8,13-14,26H,9-12,15-16H2,1H3,(H,27,30);1H,(H,2,3). The molecule has 0 unspecified atom stereocenters. The molecule has 8 heteroatoms. The summed E-state index contributed by atoms with van der Waals surface area (Å²) < 4.78 is 0. The van der Waals surface area contributed by atoms with Gasteiger partial charge in [0.15, 0.2) is 0 Å².